The van der Waals surface area contributed by atoms with E-state index in [4.69, 9.17) is 28.4 Å². The summed E-state index contributed by atoms with van der Waals surface area (Å²) in [6, 6.07) is 0. The lowest BCUT2D eigenvalue weighted by Gasteiger charge is -2.20. The minimum absolute atomic E-state index is 0.0598. The standard InChI is InChI=1S/C38H68N2O9/c1-5-8-10-12-14-18-28-45-37(46-29-19-15-13-11-9-6-2)23-22-36(42)48-32-33(30-44-4)31-47-35(41)21-20-34(7-3)49-38(43)39-24-27-40-25-16-17-26-40/h8-11,33-34,37H,5-7,12-32H2,1-4H3,(H,39,43)/b10-8-,11-9?. The number of rotatable bonds is 31. The van der Waals surface area contributed by atoms with E-state index in [2.05, 4.69) is 48.4 Å². The lowest BCUT2D eigenvalue weighted by molar-refractivity contribution is -0.161. The third-order valence-corrected chi connectivity index (χ3v) is 8.18. The van der Waals surface area contributed by atoms with Crippen molar-refractivity contribution in [2.24, 2.45) is 5.92 Å². The van der Waals surface area contributed by atoms with Gasteiger partial charge in [0.15, 0.2) is 6.29 Å². The predicted octanol–water partition coefficient (Wildman–Crippen LogP) is 7.13. The molecule has 0 aromatic carbocycles. The number of alkyl carbamates (subject to hydrolysis) is 1. The van der Waals surface area contributed by atoms with Gasteiger partial charge in [-0.2, -0.15) is 0 Å². The molecule has 0 spiro atoms. The highest BCUT2D eigenvalue weighted by molar-refractivity contribution is 5.70. The maximum absolute atomic E-state index is 12.6. The number of nitrogens with one attached hydrogen (secondary N) is 1. The number of methoxy groups -OCH3 is 1. The van der Waals surface area contributed by atoms with Crippen LogP contribution >= 0.6 is 0 Å². The number of unbranched alkanes of at least 4 members (excludes halogenated alkanes) is 4. The van der Waals surface area contributed by atoms with Crippen LogP contribution in [0.1, 0.15) is 117 Å². The molecule has 1 aliphatic rings. The third kappa shape index (κ3) is 26.1. The molecule has 1 heterocycles. The molecular formula is C38H68N2O9. The number of hydrogen-bond donors (Lipinski definition) is 1. The van der Waals surface area contributed by atoms with Crippen LogP contribution in [0.15, 0.2) is 24.3 Å². The SMILES string of the molecule is CCC=CCCCCOC(CCC(=O)OCC(COC)COC(=O)CCC(CC)OC(=O)NCCN1CCCC1)OCCCC/C=C\CC. The lowest BCUT2D eigenvalue weighted by Crippen LogP contribution is -2.35. The van der Waals surface area contributed by atoms with Crippen LogP contribution in [-0.4, -0.2) is 102 Å². The fraction of sp³-hybridized carbons (Fsp3) is 0.816. The van der Waals surface area contributed by atoms with Crippen molar-refractivity contribution in [2.45, 2.75) is 129 Å². The normalized spacial score (nSPS) is 15.4. The van der Waals surface area contributed by atoms with Crippen LogP contribution in [0.5, 0.6) is 0 Å². The van der Waals surface area contributed by atoms with E-state index in [0.717, 1.165) is 71.0 Å². The number of ether oxygens (including phenoxy) is 6. The van der Waals surface area contributed by atoms with Crippen molar-refractivity contribution >= 4 is 18.0 Å². The van der Waals surface area contributed by atoms with E-state index in [1.165, 1.54) is 12.8 Å². The van der Waals surface area contributed by atoms with Gasteiger partial charge in [0.05, 0.1) is 32.2 Å². The highest BCUT2D eigenvalue weighted by Gasteiger charge is 2.19. The van der Waals surface area contributed by atoms with Gasteiger partial charge in [-0.3, -0.25) is 9.59 Å². The first-order chi connectivity index (χ1) is 23.9. The fourth-order valence-electron chi connectivity index (χ4n) is 5.26. The molecule has 11 heteroatoms. The molecule has 284 valence electrons. The van der Waals surface area contributed by atoms with E-state index in [0.29, 0.717) is 39.0 Å². The van der Waals surface area contributed by atoms with Crippen LogP contribution < -0.4 is 5.32 Å². The summed E-state index contributed by atoms with van der Waals surface area (Å²) < 4.78 is 33.7. The Kier molecular flexibility index (Phi) is 28.6. The number of amides is 1. The van der Waals surface area contributed by atoms with E-state index in [1.807, 2.05) is 6.92 Å². The molecule has 1 fully saturated rings. The number of allylic oxidation sites excluding steroid dienone is 4. The highest BCUT2D eigenvalue weighted by atomic mass is 16.7. The Morgan fingerprint density at radius 2 is 1.33 bits per heavy atom. The summed E-state index contributed by atoms with van der Waals surface area (Å²) in [4.78, 5) is 39.6. The largest absolute Gasteiger partial charge is 0.465 e. The molecule has 0 radical (unpaired) electrons. The van der Waals surface area contributed by atoms with Gasteiger partial charge in [0.2, 0.25) is 0 Å². The van der Waals surface area contributed by atoms with E-state index < -0.39 is 18.4 Å². The van der Waals surface area contributed by atoms with E-state index in [-0.39, 0.29) is 50.7 Å². The first-order valence-electron chi connectivity index (χ1n) is 18.9. The summed E-state index contributed by atoms with van der Waals surface area (Å²) in [7, 11) is 1.55. The average molecular weight is 697 g/mol. The monoisotopic (exact) mass is 696 g/mol. The van der Waals surface area contributed by atoms with Crippen LogP contribution in [0.3, 0.4) is 0 Å². The van der Waals surface area contributed by atoms with Crippen molar-refractivity contribution < 1.29 is 42.8 Å². The Morgan fingerprint density at radius 3 is 1.86 bits per heavy atom. The van der Waals surface area contributed by atoms with Crippen LogP contribution in [0.4, 0.5) is 4.79 Å². The number of esters is 2. The van der Waals surface area contributed by atoms with Crippen LogP contribution in [0.25, 0.3) is 0 Å². The second-order valence-electron chi connectivity index (χ2n) is 12.6. The van der Waals surface area contributed by atoms with Crippen molar-refractivity contribution in [3.63, 3.8) is 0 Å². The Morgan fingerprint density at radius 1 is 0.755 bits per heavy atom. The number of carbonyl (C=O) groups is 3. The van der Waals surface area contributed by atoms with Gasteiger partial charge in [-0.05, 0) is 90.1 Å². The first-order valence-corrected chi connectivity index (χ1v) is 18.9. The second kappa shape index (κ2) is 31.5. The van der Waals surface area contributed by atoms with Crippen molar-refractivity contribution in [1.29, 1.82) is 0 Å². The zero-order valence-electron chi connectivity index (χ0n) is 31.1. The van der Waals surface area contributed by atoms with Gasteiger partial charge in [-0.1, -0.05) is 45.1 Å². The molecule has 3 unspecified atom stereocenters. The fourth-order valence-corrected chi connectivity index (χ4v) is 5.26. The molecule has 0 bridgehead atoms. The van der Waals surface area contributed by atoms with Gasteiger partial charge in [0.1, 0.15) is 6.10 Å². The molecular weight excluding hydrogens is 628 g/mol. The van der Waals surface area contributed by atoms with Crippen molar-refractivity contribution in [2.75, 3.05) is 66.3 Å². The average Bonchev–Trinajstić information content (AvgIpc) is 3.62. The summed E-state index contributed by atoms with van der Waals surface area (Å²) >= 11 is 0. The quantitative estimate of drug-likeness (QED) is 0.0263. The number of nitrogens with zero attached hydrogens (tertiary/aromatic N) is 1. The Labute approximate surface area is 296 Å². The predicted molar refractivity (Wildman–Crippen MR) is 192 cm³/mol. The minimum Gasteiger partial charge on any atom is -0.465 e. The van der Waals surface area contributed by atoms with E-state index in [9.17, 15) is 14.4 Å². The van der Waals surface area contributed by atoms with Gasteiger partial charge in [0, 0.05) is 46.3 Å². The third-order valence-electron chi connectivity index (χ3n) is 8.18. The maximum atomic E-state index is 12.6. The topological polar surface area (TPSA) is 122 Å². The molecule has 0 aromatic heterocycles. The maximum Gasteiger partial charge on any atom is 0.407 e. The summed E-state index contributed by atoms with van der Waals surface area (Å²) in [5.74, 6) is -1.06. The number of carbonyl (C=O) groups excluding carboxylic acids is 3. The molecule has 0 saturated carbocycles. The summed E-state index contributed by atoms with van der Waals surface area (Å²) in [5, 5.41) is 2.80. The van der Waals surface area contributed by atoms with Crippen molar-refractivity contribution in [1.82, 2.24) is 10.2 Å². The Balaban J connectivity index is 2.37. The van der Waals surface area contributed by atoms with Crippen molar-refractivity contribution in [3.05, 3.63) is 24.3 Å². The molecule has 3 atom stereocenters. The summed E-state index contributed by atoms with van der Waals surface area (Å²) in [6.07, 6.45) is 19.6. The number of hydrogen-bond acceptors (Lipinski definition) is 10. The molecule has 0 aromatic rings. The summed E-state index contributed by atoms with van der Waals surface area (Å²) in [6.45, 7) is 11.2. The Hall–Kier alpha value is -2.47. The number of likely N-dealkylation sites (tertiary alicyclic amines) is 1. The van der Waals surface area contributed by atoms with Gasteiger partial charge < -0.3 is 38.6 Å². The molecule has 1 aliphatic heterocycles. The molecule has 1 saturated heterocycles. The molecule has 49 heavy (non-hydrogen) atoms. The summed E-state index contributed by atoms with van der Waals surface area (Å²) in [5.41, 5.74) is 0. The first kappa shape index (κ1) is 44.6. The van der Waals surface area contributed by atoms with Crippen LogP contribution in [-0.2, 0) is 38.0 Å². The molecule has 11 nitrogen and oxygen atoms in total. The molecule has 0 aliphatic carbocycles. The highest BCUT2D eigenvalue weighted by Crippen LogP contribution is 2.13. The van der Waals surface area contributed by atoms with Gasteiger partial charge >= 0.3 is 18.0 Å². The molecule has 1 N–H and O–H groups in total. The second-order valence-corrected chi connectivity index (χ2v) is 12.6. The molecule has 1 amide bonds. The van der Waals surface area contributed by atoms with Crippen LogP contribution in [0, 0.1) is 5.92 Å². The van der Waals surface area contributed by atoms with Crippen molar-refractivity contribution in [3.8, 4) is 0 Å². The van der Waals surface area contributed by atoms with Gasteiger partial charge in [-0.25, -0.2) is 4.79 Å². The smallest absolute Gasteiger partial charge is 0.407 e. The van der Waals surface area contributed by atoms with Crippen LogP contribution in [0.2, 0.25) is 0 Å². The van der Waals surface area contributed by atoms with E-state index in [1.54, 1.807) is 7.11 Å². The minimum atomic E-state index is -0.461. The Bertz CT molecular complexity index is 868. The van der Waals surface area contributed by atoms with Gasteiger partial charge in [-0.15, -0.1) is 0 Å². The lowest BCUT2D eigenvalue weighted by atomic mass is 10.1. The zero-order chi connectivity index (χ0) is 35.8. The van der Waals surface area contributed by atoms with Gasteiger partial charge in [0.25, 0.3) is 0 Å². The zero-order valence-corrected chi connectivity index (χ0v) is 31.1. The molecule has 1 rings (SSSR count). The van der Waals surface area contributed by atoms with E-state index >= 15 is 0 Å².